The van der Waals surface area contributed by atoms with Crippen LogP contribution in [0.3, 0.4) is 0 Å². The van der Waals surface area contributed by atoms with E-state index in [1.54, 1.807) is 26.4 Å². The second kappa shape index (κ2) is 5.58. The van der Waals surface area contributed by atoms with Gasteiger partial charge in [0.1, 0.15) is 17.1 Å². The summed E-state index contributed by atoms with van der Waals surface area (Å²) in [6.45, 7) is 0. The third kappa shape index (κ3) is 2.59. The third-order valence-electron chi connectivity index (χ3n) is 3.17. The van der Waals surface area contributed by atoms with Crippen molar-refractivity contribution in [3.05, 3.63) is 46.2 Å². The summed E-state index contributed by atoms with van der Waals surface area (Å²) in [5, 5.41) is 0.520. The Morgan fingerprint density at radius 2 is 1.90 bits per heavy atom. The molecular weight excluding hydrogens is 356 g/mol. The molecule has 0 unspecified atom stereocenters. The Morgan fingerprint density at radius 1 is 1.14 bits per heavy atom. The lowest BCUT2D eigenvalue weighted by Crippen LogP contribution is -1.91. The Bertz CT molecular complexity index is 817. The van der Waals surface area contributed by atoms with Gasteiger partial charge in [0.15, 0.2) is 0 Å². The molecule has 0 N–H and O–H groups in total. The van der Waals surface area contributed by atoms with E-state index in [-0.39, 0.29) is 0 Å². The molecule has 0 saturated heterocycles. The van der Waals surface area contributed by atoms with Gasteiger partial charge in [0, 0.05) is 28.5 Å². The van der Waals surface area contributed by atoms with Crippen molar-refractivity contribution in [3.63, 3.8) is 0 Å². The Hall–Kier alpha value is -1.72. The SMILES string of the molecule is COc1cc(OC)c(-c2cn3ccc(Br)cc3n2)cc1Cl. The van der Waals surface area contributed by atoms with Gasteiger partial charge in [-0.25, -0.2) is 4.98 Å². The predicted octanol–water partition coefficient (Wildman–Crippen LogP) is 4.43. The lowest BCUT2D eigenvalue weighted by atomic mass is 10.1. The van der Waals surface area contributed by atoms with E-state index in [4.69, 9.17) is 21.1 Å². The Morgan fingerprint density at radius 3 is 2.62 bits per heavy atom. The maximum absolute atomic E-state index is 6.21. The molecular formula is C15H12BrClN2O2. The summed E-state index contributed by atoms with van der Waals surface area (Å²) in [6, 6.07) is 7.46. The Kier molecular flexibility index (Phi) is 3.78. The normalized spacial score (nSPS) is 10.9. The fraction of sp³-hybridized carbons (Fsp3) is 0.133. The topological polar surface area (TPSA) is 35.8 Å². The average Bonchev–Trinajstić information content (AvgIpc) is 2.89. The molecule has 0 amide bonds. The summed E-state index contributed by atoms with van der Waals surface area (Å²) in [5.41, 5.74) is 2.45. The van der Waals surface area contributed by atoms with Gasteiger partial charge < -0.3 is 13.9 Å². The molecule has 108 valence electrons. The smallest absolute Gasteiger partial charge is 0.141 e. The average molecular weight is 368 g/mol. The van der Waals surface area contributed by atoms with Crippen molar-refractivity contribution in [3.8, 4) is 22.8 Å². The zero-order valence-electron chi connectivity index (χ0n) is 11.4. The lowest BCUT2D eigenvalue weighted by Gasteiger charge is -2.10. The van der Waals surface area contributed by atoms with Crippen LogP contribution in [0.15, 0.2) is 41.1 Å². The van der Waals surface area contributed by atoms with Gasteiger partial charge in [0.25, 0.3) is 0 Å². The molecule has 2 heterocycles. The van der Waals surface area contributed by atoms with Crippen molar-refractivity contribution in [1.82, 2.24) is 9.38 Å². The van der Waals surface area contributed by atoms with Gasteiger partial charge in [-0.15, -0.1) is 0 Å². The molecule has 0 radical (unpaired) electrons. The monoisotopic (exact) mass is 366 g/mol. The number of ether oxygens (including phenoxy) is 2. The van der Waals surface area contributed by atoms with Crippen LogP contribution in [-0.4, -0.2) is 23.6 Å². The van der Waals surface area contributed by atoms with E-state index in [0.717, 1.165) is 21.4 Å². The van der Waals surface area contributed by atoms with Gasteiger partial charge in [-0.3, -0.25) is 0 Å². The minimum absolute atomic E-state index is 0.520. The van der Waals surface area contributed by atoms with Crippen molar-refractivity contribution < 1.29 is 9.47 Å². The zero-order chi connectivity index (χ0) is 15.0. The van der Waals surface area contributed by atoms with Gasteiger partial charge in [-0.2, -0.15) is 0 Å². The summed E-state index contributed by atoms with van der Waals surface area (Å²) in [6.07, 6.45) is 3.87. The first-order valence-corrected chi connectivity index (χ1v) is 7.35. The first kappa shape index (κ1) is 14.2. The Labute approximate surface area is 135 Å². The van der Waals surface area contributed by atoms with Crippen LogP contribution in [0.1, 0.15) is 0 Å². The van der Waals surface area contributed by atoms with E-state index in [0.29, 0.717) is 16.5 Å². The number of rotatable bonds is 3. The molecule has 6 heteroatoms. The van der Waals surface area contributed by atoms with Crippen molar-refractivity contribution in [2.45, 2.75) is 0 Å². The van der Waals surface area contributed by atoms with Crippen LogP contribution >= 0.6 is 27.5 Å². The molecule has 0 bridgehead atoms. The summed E-state index contributed by atoms with van der Waals surface area (Å²) >= 11 is 9.65. The largest absolute Gasteiger partial charge is 0.496 e. The van der Waals surface area contributed by atoms with Crippen LogP contribution < -0.4 is 9.47 Å². The first-order chi connectivity index (χ1) is 10.1. The highest BCUT2D eigenvalue weighted by Gasteiger charge is 2.14. The van der Waals surface area contributed by atoms with Crippen molar-refractivity contribution in [2.75, 3.05) is 14.2 Å². The number of pyridine rings is 1. The van der Waals surface area contributed by atoms with Crippen LogP contribution in [0.4, 0.5) is 0 Å². The van der Waals surface area contributed by atoms with E-state index in [9.17, 15) is 0 Å². The number of aromatic nitrogens is 2. The summed E-state index contributed by atoms with van der Waals surface area (Å²) in [4.78, 5) is 4.60. The maximum atomic E-state index is 6.21. The fourth-order valence-electron chi connectivity index (χ4n) is 2.15. The number of benzene rings is 1. The summed E-state index contributed by atoms with van der Waals surface area (Å²) in [5.74, 6) is 1.24. The number of halogens is 2. The second-order valence-corrected chi connectivity index (χ2v) is 5.75. The molecule has 3 aromatic rings. The van der Waals surface area contributed by atoms with E-state index < -0.39 is 0 Å². The highest BCUT2D eigenvalue weighted by atomic mass is 79.9. The Balaban J connectivity index is 2.19. The molecule has 3 rings (SSSR count). The number of fused-ring (bicyclic) bond motifs is 1. The predicted molar refractivity (Wildman–Crippen MR) is 86.4 cm³/mol. The molecule has 0 aliphatic heterocycles. The van der Waals surface area contributed by atoms with Gasteiger partial charge in [0.05, 0.1) is 24.9 Å². The van der Waals surface area contributed by atoms with Crippen LogP contribution in [0.2, 0.25) is 5.02 Å². The van der Waals surface area contributed by atoms with Gasteiger partial charge in [-0.1, -0.05) is 27.5 Å². The molecule has 0 saturated carbocycles. The molecule has 0 atom stereocenters. The van der Waals surface area contributed by atoms with Crippen LogP contribution in [0.25, 0.3) is 16.9 Å². The first-order valence-electron chi connectivity index (χ1n) is 6.18. The number of nitrogens with zero attached hydrogens (tertiary/aromatic N) is 2. The van der Waals surface area contributed by atoms with E-state index in [1.807, 2.05) is 28.9 Å². The van der Waals surface area contributed by atoms with Crippen LogP contribution in [0, 0.1) is 0 Å². The van der Waals surface area contributed by atoms with Crippen LogP contribution in [0.5, 0.6) is 11.5 Å². The zero-order valence-corrected chi connectivity index (χ0v) is 13.8. The van der Waals surface area contributed by atoms with Gasteiger partial charge in [0.2, 0.25) is 0 Å². The van der Waals surface area contributed by atoms with Crippen LogP contribution in [-0.2, 0) is 0 Å². The molecule has 21 heavy (non-hydrogen) atoms. The minimum Gasteiger partial charge on any atom is -0.496 e. The molecule has 0 fully saturated rings. The molecule has 0 aliphatic carbocycles. The quantitative estimate of drug-likeness (QED) is 0.687. The van der Waals surface area contributed by atoms with Crippen molar-refractivity contribution in [2.24, 2.45) is 0 Å². The molecule has 0 spiro atoms. The fourth-order valence-corrected chi connectivity index (χ4v) is 2.71. The summed E-state index contributed by atoms with van der Waals surface area (Å²) < 4.78 is 13.5. The molecule has 2 aromatic heterocycles. The molecule has 4 nitrogen and oxygen atoms in total. The highest BCUT2D eigenvalue weighted by Crippen LogP contribution is 2.38. The lowest BCUT2D eigenvalue weighted by molar-refractivity contribution is 0.395. The standard InChI is InChI=1S/C15H12BrClN2O2/c1-20-13-7-14(21-2)11(17)6-10(13)12-8-19-4-3-9(16)5-15(19)18-12/h3-8H,1-2H3. The van der Waals surface area contributed by atoms with E-state index in [2.05, 4.69) is 20.9 Å². The molecule has 0 aliphatic rings. The number of methoxy groups -OCH3 is 2. The minimum atomic E-state index is 0.520. The maximum Gasteiger partial charge on any atom is 0.141 e. The highest BCUT2D eigenvalue weighted by molar-refractivity contribution is 9.10. The number of hydrogen-bond donors (Lipinski definition) is 0. The van der Waals surface area contributed by atoms with Gasteiger partial charge in [-0.05, 0) is 18.2 Å². The number of imidazole rings is 1. The summed E-state index contributed by atoms with van der Waals surface area (Å²) in [7, 11) is 3.18. The number of hydrogen-bond acceptors (Lipinski definition) is 3. The van der Waals surface area contributed by atoms with E-state index in [1.165, 1.54) is 0 Å². The molecule has 1 aromatic carbocycles. The van der Waals surface area contributed by atoms with Crippen molar-refractivity contribution in [1.29, 1.82) is 0 Å². The second-order valence-electron chi connectivity index (χ2n) is 4.42. The van der Waals surface area contributed by atoms with Crippen molar-refractivity contribution >= 4 is 33.2 Å². The van der Waals surface area contributed by atoms with Gasteiger partial charge >= 0.3 is 0 Å². The van der Waals surface area contributed by atoms with E-state index >= 15 is 0 Å². The third-order valence-corrected chi connectivity index (χ3v) is 3.96.